The van der Waals surface area contributed by atoms with Crippen LogP contribution in [0.2, 0.25) is 0 Å². The van der Waals surface area contributed by atoms with Crippen molar-refractivity contribution in [3.8, 4) is 0 Å². The van der Waals surface area contributed by atoms with Crippen molar-refractivity contribution in [3.05, 3.63) is 28.2 Å². The summed E-state index contributed by atoms with van der Waals surface area (Å²) in [6.45, 7) is 2.49. The van der Waals surface area contributed by atoms with Gasteiger partial charge in [0.25, 0.3) is 0 Å². The Balaban J connectivity index is 0.00000361. The number of nitrogens with one attached hydrogen (secondary N) is 3. The molecule has 0 spiro atoms. The summed E-state index contributed by atoms with van der Waals surface area (Å²) in [4.78, 5) is 23.0. The van der Waals surface area contributed by atoms with E-state index >= 15 is 0 Å². The van der Waals surface area contributed by atoms with E-state index in [1.54, 1.807) is 7.05 Å². The highest BCUT2D eigenvalue weighted by atomic mass is 79.9. The van der Waals surface area contributed by atoms with E-state index in [0.717, 1.165) is 15.7 Å². The zero-order valence-corrected chi connectivity index (χ0v) is 13.9. The number of carbonyl (C=O) groups is 2. The molecule has 0 aliphatic carbocycles. The number of anilines is 1. The summed E-state index contributed by atoms with van der Waals surface area (Å²) in [6.07, 6.45) is 0.361. The maximum Gasteiger partial charge on any atom is 0.243 e. The fourth-order valence-electron chi connectivity index (χ4n) is 1.43. The van der Waals surface area contributed by atoms with Crippen molar-refractivity contribution in [3.63, 3.8) is 0 Å². The van der Waals surface area contributed by atoms with Crippen LogP contribution in [0.5, 0.6) is 0 Å². The molecule has 20 heavy (non-hydrogen) atoms. The van der Waals surface area contributed by atoms with Gasteiger partial charge in [-0.2, -0.15) is 0 Å². The monoisotopic (exact) mass is 363 g/mol. The molecular formula is C13H19BrClN3O2. The number of amides is 2. The average molecular weight is 365 g/mol. The van der Waals surface area contributed by atoms with Crippen LogP contribution in [0, 0.1) is 6.92 Å². The first-order valence-electron chi connectivity index (χ1n) is 6.00. The number of benzene rings is 1. The fraction of sp³-hybridized carbons (Fsp3) is 0.385. The van der Waals surface area contributed by atoms with E-state index < -0.39 is 0 Å². The normalized spacial score (nSPS) is 9.55. The molecule has 0 heterocycles. The van der Waals surface area contributed by atoms with Crippen molar-refractivity contribution in [2.75, 3.05) is 25.5 Å². The summed E-state index contributed by atoms with van der Waals surface area (Å²) in [7, 11) is 1.77. The Bertz CT molecular complexity index is 469. The van der Waals surface area contributed by atoms with Gasteiger partial charge in [-0.1, -0.05) is 22.0 Å². The van der Waals surface area contributed by atoms with Crippen LogP contribution < -0.4 is 16.0 Å². The molecule has 0 radical (unpaired) electrons. The molecule has 1 aromatic rings. The summed E-state index contributed by atoms with van der Waals surface area (Å²) in [5, 5.41) is 8.21. The average Bonchev–Trinajstić information content (AvgIpc) is 2.38. The zero-order chi connectivity index (χ0) is 14.3. The number of halogens is 2. The molecule has 0 bridgehead atoms. The number of hydrogen-bond acceptors (Lipinski definition) is 3. The summed E-state index contributed by atoms with van der Waals surface area (Å²) >= 11 is 3.35. The van der Waals surface area contributed by atoms with Crippen LogP contribution >= 0.6 is 28.3 Å². The second-order valence-corrected chi connectivity index (χ2v) is 5.05. The van der Waals surface area contributed by atoms with Crippen LogP contribution in [0.3, 0.4) is 0 Å². The minimum absolute atomic E-state index is 0. The SMILES string of the molecule is CNCCC(=O)NCC(=O)Nc1cc(Br)ccc1C.Cl. The van der Waals surface area contributed by atoms with Crippen molar-refractivity contribution >= 4 is 45.8 Å². The maximum atomic E-state index is 11.7. The first-order valence-corrected chi connectivity index (χ1v) is 6.79. The molecule has 2 amide bonds. The molecule has 0 fully saturated rings. The van der Waals surface area contributed by atoms with E-state index in [0.29, 0.717) is 13.0 Å². The number of rotatable bonds is 6. The van der Waals surface area contributed by atoms with Crippen molar-refractivity contribution < 1.29 is 9.59 Å². The van der Waals surface area contributed by atoms with Crippen molar-refractivity contribution in [1.29, 1.82) is 0 Å². The second-order valence-electron chi connectivity index (χ2n) is 4.14. The van der Waals surface area contributed by atoms with Gasteiger partial charge in [0.1, 0.15) is 0 Å². The van der Waals surface area contributed by atoms with Crippen LogP contribution in [-0.2, 0) is 9.59 Å². The Labute approximate surface area is 133 Å². The van der Waals surface area contributed by atoms with Gasteiger partial charge < -0.3 is 16.0 Å². The van der Waals surface area contributed by atoms with E-state index in [9.17, 15) is 9.59 Å². The zero-order valence-electron chi connectivity index (χ0n) is 11.5. The standard InChI is InChI=1S/C13H18BrN3O2.ClH/c1-9-3-4-10(14)7-11(9)17-13(19)8-16-12(18)5-6-15-2;/h3-4,7,15H,5-6,8H2,1-2H3,(H,16,18)(H,17,19);1H. The lowest BCUT2D eigenvalue weighted by Gasteiger charge is -2.09. The Morgan fingerprint density at radius 2 is 1.95 bits per heavy atom. The highest BCUT2D eigenvalue weighted by Gasteiger charge is 2.07. The minimum Gasteiger partial charge on any atom is -0.347 e. The lowest BCUT2D eigenvalue weighted by Crippen LogP contribution is -2.34. The molecule has 0 saturated heterocycles. The van der Waals surface area contributed by atoms with Gasteiger partial charge >= 0.3 is 0 Å². The topological polar surface area (TPSA) is 70.2 Å². The van der Waals surface area contributed by atoms with Crippen molar-refractivity contribution in [2.45, 2.75) is 13.3 Å². The van der Waals surface area contributed by atoms with E-state index in [-0.39, 0.29) is 30.8 Å². The molecule has 0 saturated carbocycles. The quantitative estimate of drug-likeness (QED) is 0.721. The number of carbonyl (C=O) groups excluding carboxylic acids is 2. The van der Waals surface area contributed by atoms with Crippen LogP contribution in [-0.4, -0.2) is 32.0 Å². The van der Waals surface area contributed by atoms with E-state index in [1.165, 1.54) is 0 Å². The van der Waals surface area contributed by atoms with Crippen LogP contribution in [0.15, 0.2) is 22.7 Å². The van der Waals surface area contributed by atoms with Crippen molar-refractivity contribution in [2.24, 2.45) is 0 Å². The highest BCUT2D eigenvalue weighted by Crippen LogP contribution is 2.20. The fourth-order valence-corrected chi connectivity index (χ4v) is 1.79. The van der Waals surface area contributed by atoms with Crippen molar-refractivity contribution in [1.82, 2.24) is 10.6 Å². The molecule has 3 N–H and O–H groups in total. The summed E-state index contributed by atoms with van der Waals surface area (Å²) in [5.74, 6) is -0.380. The summed E-state index contributed by atoms with van der Waals surface area (Å²) in [6, 6.07) is 5.64. The van der Waals surface area contributed by atoms with Gasteiger partial charge in [0, 0.05) is 23.1 Å². The summed E-state index contributed by atoms with van der Waals surface area (Å²) < 4.78 is 0.895. The molecule has 1 aromatic carbocycles. The Hall–Kier alpha value is -1.11. The van der Waals surface area contributed by atoms with Gasteiger partial charge in [-0.05, 0) is 31.7 Å². The molecule has 0 atom stereocenters. The Morgan fingerprint density at radius 3 is 2.60 bits per heavy atom. The third kappa shape index (κ3) is 6.88. The predicted octanol–water partition coefficient (Wildman–Crippen LogP) is 1.84. The second kappa shape index (κ2) is 9.74. The summed E-state index contributed by atoms with van der Waals surface area (Å²) in [5.41, 5.74) is 1.71. The van der Waals surface area contributed by atoms with Gasteiger partial charge in [-0.3, -0.25) is 9.59 Å². The first-order chi connectivity index (χ1) is 9.02. The van der Waals surface area contributed by atoms with Crippen LogP contribution in [0.25, 0.3) is 0 Å². The highest BCUT2D eigenvalue weighted by molar-refractivity contribution is 9.10. The molecule has 112 valence electrons. The number of aryl methyl sites for hydroxylation is 1. The van der Waals surface area contributed by atoms with Crippen LogP contribution in [0.4, 0.5) is 5.69 Å². The molecule has 7 heteroatoms. The van der Waals surface area contributed by atoms with Crippen LogP contribution in [0.1, 0.15) is 12.0 Å². The first kappa shape index (κ1) is 18.9. The molecular weight excluding hydrogens is 346 g/mol. The van der Waals surface area contributed by atoms with Gasteiger partial charge in [-0.15, -0.1) is 12.4 Å². The molecule has 0 unspecified atom stereocenters. The van der Waals surface area contributed by atoms with Gasteiger partial charge in [0.15, 0.2) is 0 Å². The number of hydrogen-bond donors (Lipinski definition) is 3. The van der Waals surface area contributed by atoms with Gasteiger partial charge in [0.2, 0.25) is 11.8 Å². The van der Waals surface area contributed by atoms with E-state index in [1.807, 2.05) is 25.1 Å². The Kier molecular flexibility index (Phi) is 9.20. The lowest BCUT2D eigenvalue weighted by atomic mass is 10.2. The largest absolute Gasteiger partial charge is 0.347 e. The smallest absolute Gasteiger partial charge is 0.243 e. The third-order valence-corrected chi connectivity index (χ3v) is 3.02. The van der Waals surface area contributed by atoms with Gasteiger partial charge in [-0.25, -0.2) is 0 Å². The molecule has 0 aliphatic rings. The molecule has 0 aliphatic heterocycles. The molecule has 0 aromatic heterocycles. The van der Waals surface area contributed by atoms with E-state index in [2.05, 4.69) is 31.9 Å². The van der Waals surface area contributed by atoms with E-state index in [4.69, 9.17) is 0 Å². The maximum absolute atomic E-state index is 11.7. The van der Waals surface area contributed by atoms with Gasteiger partial charge in [0.05, 0.1) is 6.54 Å². The molecule has 1 rings (SSSR count). The Morgan fingerprint density at radius 1 is 1.25 bits per heavy atom. The lowest BCUT2D eigenvalue weighted by molar-refractivity contribution is -0.124. The third-order valence-electron chi connectivity index (χ3n) is 2.52. The molecule has 5 nitrogen and oxygen atoms in total. The predicted molar refractivity (Wildman–Crippen MR) is 86.3 cm³/mol. The minimum atomic E-state index is -0.237.